The molecule has 0 nitrogen and oxygen atoms in total. The van der Waals surface area contributed by atoms with Crippen molar-refractivity contribution < 1.29 is 40.8 Å². The van der Waals surface area contributed by atoms with Crippen LogP contribution in [0, 0.1) is 13.8 Å². The van der Waals surface area contributed by atoms with E-state index in [1.54, 1.807) is 0 Å². The molecule has 2 radical (unpaired) electrons. The molecule has 0 amide bonds. The van der Waals surface area contributed by atoms with Gasteiger partial charge in [-0.2, -0.15) is 11.0 Å². The van der Waals surface area contributed by atoms with Crippen LogP contribution in [0.15, 0.2) is 36.4 Å². The Morgan fingerprint density at radius 1 is 0.889 bits per heavy atom. The van der Waals surface area contributed by atoms with Gasteiger partial charge < -0.3 is 25.3 Å². The van der Waals surface area contributed by atoms with Crippen LogP contribution in [-0.2, 0) is 84.4 Å². The third-order valence-electron chi connectivity index (χ3n) is 5.24. The van der Waals surface area contributed by atoms with Crippen LogP contribution in [0.4, 0.5) is 0 Å². The van der Waals surface area contributed by atoms with E-state index in [1.807, 2.05) is 0 Å². The number of benzene rings is 2. The van der Waals surface area contributed by atoms with Gasteiger partial charge in [0.1, 0.15) is 0 Å². The molecule has 0 fully saturated rings. The Kier molecular flexibility index (Phi) is 12.4. The Labute approximate surface area is 204 Å². The van der Waals surface area contributed by atoms with Crippen LogP contribution in [0.5, 0.6) is 0 Å². The topological polar surface area (TPSA) is 0 Å². The van der Waals surface area contributed by atoms with Crippen LogP contribution in [0.2, 0.25) is 0 Å². The quantitative estimate of drug-likeness (QED) is 0.340. The zero-order valence-electron chi connectivity index (χ0n) is 16.9. The molecule has 0 aliphatic rings. The van der Waals surface area contributed by atoms with Gasteiger partial charge in [0.15, 0.2) is 0 Å². The Hall–Kier alpha value is 0.465. The van der Waals surface area contributed by atoms with Crippen molar-refractivity contribution in [2.75, 3.05) is 5.75 Å². The third kappa shape index (κ3) is 7.34. The Balaban J connectivity index is 0.00000338. The molecule has 0 aliphatic heterocycles. The molecule has 0 spiro atoms. The van der Waals surface area contributed by atoms with E-state index in [2.05, 4.69) is 71.0 Å². The molecule has 2 rings (SSSR count). The maximum absolute atomic E-state index is 5.41. The summed E-state index contributed by atoms with van der Waals surface area (Å²) < 4.78 is 0. The van der Waals surface area contributed by atoms with Crippen molar-refractivity contribution in [2.45, 2.75) is 64.5 Å². The molecule has 1 atom stereocenters. The Morgan fingerprint density at radius 3 is 1.85 bits per heavy atom. The Bertz CT molecular complexity index is 724. The van der Waals surface area contributed by atoms with E-state index < -0.39 is 0 Å². The van der Waals surface area contributed by atoms with Gasteiger partial charge in [0.2, 0.25) is 0 Å². The molecular formula is C23H30Re2S2-2. The molecule has 0 aliphatic carbocycles. The van der Waals surface area contributed by atoms with Gasteiger partial charge in [0.25, 0.3) is 0 Å². The number of hydrogen-bond donors (Lipinski definition) is 0. The van der Waals surface area contributed by atoms with Gasteiger partial charge in [0.05, 0.1) is 0 Å². The molecule has 0 aromatic heterocycles. The average molecular weight is 743 g/mol. The van der Waals surface area contributed by atoms with Gasteiger partial charge in [-0.25, -0.2) is 0 Å². The first-order valence-corrected chi connectivity index (χ1v) is 10.2. The molecule has 2 aromatic rings. The van der Waals surface area contributed by atoms with Gasteiger partial charge in [0, 0.05) is 46.3 Å². The smallest absolute Gasteiger partial charge is 0.0146 e. The molecule has 0 heterocycles. The molecule has 150 valence electrons. The summed E-state index contributed by atoms with van der Waals surface area (Å²) in [5.41, 5.74) is 8.23. The second-order valence-corrected chi connectivity index (χ2v) is 8.94. The zero-order chi connectivity index (χ0) is 18.6. The minimum atomic E-state index is -0.0242. The maximum Gasteiger partial charge on any atom is 0.0146 e. The predicted octanol–water partition coefficient (Wildman–Crippen LogP) is 5.58. The molecular weight excluding hydrogens is 713 g/mol. The van der Waals surface area contributed by atoms with Crippen LogP contribution in [0.3, 0.4) is 0 Å². The average Bonchev–Trinajstić information content (AvgIpc) is 2.55. The standard InChI is InChI=1S/C23H32S2.2Re/c1-16-8-10-21(14-19(16)7-6-12-24)23(4,5)22-11-9-17(2)20(15-22)13-18(3)25;;/h8-11,14-15,18,24-25H,6-7,12-13H2,1-5H3;;/p-2. The molecule has 4 heteroatoms. The summed E-state index contributed by atoms with van der Waals surface area (Å²) in [6.45, 7) is 11.1. The SMILES string of the molecule is Cc1ccc(C(C)(C)c2ccc(C)c(CC(C)[S-])c2)cc1CCC[S-].[Re].[Re]. The summed E-state index contributed by atoms with van der Waals surface area (Å²) in [5, 5.41) is 0.265. The maximum atomic E-state index is 5.41. The molecule has 0 N–H and O–H groups in total. The first-order valence-electron chi connectivity index (χ1n) is 9.19. The first-order chi connectivity index (χ1) is 11.8. The zero-order valence-corrected chi connectivity index (χ0v) is 24.0. The van der Waals surface area contributed by atoms with Crippen LogP contribution in [0.1, 0.15) is 60.6 Å². The van der Waals surface area contributed by atoms with Crippen molar-refractivity contribution in [3.63, 3.8) is 0 Å². The van der Waals surface area contributed by atoms with E-state index in [4.69, 9.17) is 25.3 Å². The minimum Gasteiger partial charge on any atom is -0.793 e. The van der Waals surface area contributed by atoms with Gasteiger partial charge in [-0.1, -0.05) is 63.6 Å². The fourth-order valence-corrected chi connectivity index (χ4v) is 3.67. The second-order valence-electron chi connectivity index (χ2n) is 7.73. The largest absolute Gasteiger partial charge is 0.793 e. The number of aryl methyl sites for hydroxylation is 3. The van der Waals surface area contributed by atoms with Crippen molar-refractivity contribution in [3.05, 3.63) is 69.8 Å². The fraction of sp³-hybridized carbons (Fsp3) is 0.478. The summed E-state index contributed by atoms with van der Waals surface area (Å²) in [7, 11) is 0. The minimum absolute atomic E-state index is 0. The fourth-order valence-electron chi connectivity index (χ4n) is 3.35. The van der Waals surface area contributed by atoms with Gasteiger partial charge in [-0.3, -0.25) is 0 Å². The molecule has 27 heavy (non-hydrogen) atoms. The summed E-state index contributed by atoms with van der Waals surface area (Å²) in [6, 6.07) is 13.8. The van der Waals surface area contributed by atoms with Crippen LogP contribution in [0.25, 0.3) is 0 Å². The molecule has 0 saturated heterocycles. The number of rotatable bonds is 7. The van der Waals surface area contributed by atoms with Crippen molar-refractivity contribution in [3.8, 4) is 0 Å². The van der Waals surface area contributed by atoms with E-state index >= 15 is 0 Å². The first kappa shape index (κ1) is 27.5. The van der Waals surface area contributed by atoms with Crippen LogP contribution < -0.4 is 0 Å². The Morgan fingerprint density at radius 2 is 1.37 bits per heavy atom. The summed E-state index contributed by atoms with van der Waals surface area (Å²) >= 11 is 10.5. The van der Waals surface area contributed by atoms with Crippen molar-refractivity contribution >= 4 is 25.3 Å². The predicted molar refractivity (Wildman–Crippen MR) is 116 cm³/mol. The van der Waals surface area contributed by atoms with Gasteiger partial charge >= 0.3 is 0 Å². The van der Waals surface area contributed by atoms with Crippen molar-refractivity contribution in [1.29, 1.82) is 0 Å². The molecule has 0 saturated carbocycles. The van der Waals surface area contributed by atoms with E-state index in [-0.39, 0.29) is 51.5 Å². The van der Waals surface area contributed by atoms with Gasteiger partial charge in [-0.05, 0) is 60.1 Å². The molecule has 2 aromatic carbocycles. The van der Waals surface area contributed by atoms with Crippen molar-refractivity contribution in [1.82, 2.24) is 0 Å². The number of hydrogen-bond acceptors (Lipinski definition) is 2. The molecule has 1 unspecified atom stereocenters. The van der Waals surface area contributed by atoms with E-state index in [9.17, 15) is 0 Å². The van der Waals surface area contributed by atoms with Gasteiger partial charge in [-0.15, -0.1) is 0 Å². The normalized spacial score (nSPS) is 12.1. The van der Waals surface area contributed by atoms with Crippen molar-refractivity contribution in [2.24, 2.45) is 0 Å². The van der Waals surface area contributed by atoms with E-state index in [1.165, 1.54) is 33.4 Å². The second kappa shape index (κ2) is 12.2. The summed E-state index contributed by atoms with van der Waals surface area (Å²) in [6.07, 6.45) is 3.11. The van der Waals surface area contributed by atoms with E-state index in [0.717, 1.165) is 25.0 Å². The van der Waals surface area contributed by atoms with Crippen LogP contribution in [-0.4, -0.2) is 11.0 Å². The van der Waals surface area contributed by atoms with E-state index in [0.29, 0.717) is 0 Å². The molecule has 0 bridgehead atoms. The monoisotopic (exact) mass is 744 g/mol. The third-order valence-corrected chi connectivity index (χ3v) is 5.69. The van der Waals surface area contributed by atoms with Crippen LogP contribution >= 0.6 is 0 Å². The summed E-state index contributed by atoms with van der Waals surface area (Å²) in [4.78, 5) is 0. The summed E-state index contributed by atoms with van der Waals surface area (Å²) in [5.74, 6) is 0.827.